The van der Waals surface area contributed by atoms with Gasteiger partial charge >= 0.3 is 5.97 Å². The van der Waals surface area contributed by atoms with Gasteiger partial charge in [-0.15, -0.1) is 0 Å². The van der Waals surface area contributed by atoms with E-state index in [1.54, 1.807) is 19.1 Å². The zero-order valence-corrected chi connectivity index (χ0v) is 18.5. The minimum atomic E-state index is -0.814. The minimum absolute atomic E-state index is 0.0974. The molecule has 1 heterocycles. The zero-order valence-electron chi connectivity index (χ0n) is 18.5. The molecule has 1 aliphatic heterocycles. The molecule has 0 aromatic heterocycles. The van der Waals surface area contributed by atoms with Crippen molar-refractivity contribution in [1.29, 1.82) is 0 Å². The zero-order chi connectivity index (χ0) is 23.7. The highest BCUT2D eigenvalue weighted by Crippen LogP contribution is 2.42. The van der Waals surface area contributed by atoms with Crippen LogP contribution in [0.1, 0.15) is 58.5 Å². The van der Waals surface area contributed by atoms with Crippen molar-refractivity contribution in [3.8, 4) is 5.75 Å². The molecule has 0 atom stereocenters. The number of fused-ring (bicyclic) bond motifs is 2. The number of imide groups is 1. The van der Waals surface area contributed by atoms with Crippen LogP contribution in [0.4, 0.5) is 10.1 Å². The second-order valence-electron chi connectivity index (χ2n) is 7.94. The summed E-state index contributed by atoms with van der Waals surface area (Å²) in [7, 11) is 0. The first-order valence-corrected chi connectivity index (χ1v) is 11.0. The van der Waals surface area contributed by atoms with E-state index in [-0.39, 0.29) is 35.6 Å². The average Bonchev–Trinajstić information content (AvgIpc) is 3.05. The number of carbonyl (C=O) groups excluding carboxylic acids is 3. The predicted molar refractivity (Wildman–Crippen MR) is 122 cm³/mol. The van der Waals surface area contributed by atoms with Crippen molar-refractivity contribution in [2.45, 2.75) is 39.5 Å². The van der Waals surface area contributed by atoms with Crippen LogP contribution in [0.15, 0.2) is 42.5 Å². The highest BCUT2D eigenvalue weighted by molar-refractivity contribution is 6.37. The summed E-state index contributed by atoms with van der Waals surface area (Å²) in [5.41, 5.74) is 0.849. The second-order valence-corrected chi connectivity index (χ2v) is 7.94. The van der Waals surface area contributed by atoms with Crippen molar-refractivity contribution >= 4 is 34.2 Å². The Labute approximate surface area is 190 Å². The number of benzene rings is 3. The van der Waals surface area contributed by atoms with Gasteiger partial charge in [0, 0.05) is 5.39 Å². The summed E-state index contributed by atoms with van der Waals surface area (Å²) in [6, 6.07) is 11.0. The third kappa shape index (κ3) is 3.84. The van der Waals surface area contributed by atoms with E-state index >= 15 is 4.39 Å². The van der Waals surface area contributed by atoms with Gasteiger partial charge in [0.05, 0.1) is 29.8 Å². The molecule has 1 N–H and O–H groups in total. The van der Waals surface area contributed by atoms with E-state index in [4.69, 9.17) is 4.74 Å². The number of aromatic hydroxyl groups is 1. The van der Waals surface area contributed by atoms with E-state index in [1.807, 2.05) is 19.1 Å². The van der Waals surface area contributed by atoms with Gasteiger partial charge in [-0.25, -0.2) is 9.29 Å². The maximum absolute atomic E-state index is 15.0. The van der Waals surface area contributed by atoms with Crippen LogP contribution in [-0.2, 0) is 22.4 Å². The molecule has 0 fully saturated rings. The Hall–Kier alpha value is -3.74. The summed E-state index contributed by atoms with van der Waals surface area (Å²) in [6.45, 7) is 3.92. The van der Waals surface area contributed by atoms with E-state index in [2.05, 4.69) is 0 Å². The summed E-state index contributed by atoms with van der Waals surface area (Å²) < 4.78 is 19.9. The Kier molecular flexibility index (Phi) is 6.14. The molecule has 0 radical (unpaired) electrons. The van der Waals surface area contributed by atoms with Gasteiger partial charge in [0.2, 0.25) is 0 Å². The molecule has 170 valence electrons. The number of aryl methyl sites for hydroxylation is 1. The van der Waals surface area contributed by atoms with Crippen LogP contribution in [0.5, 0.6) is 5.75 Å². The third-order valence-electron chi connectivity index (χ3n) is 5.82. The van der Waals surface area contributed by atoms with Crippen LogP contribution in [0.3, 0.4) is 0 Å². The van der Waals surface area contributed by atoms with Gasteiger partial charge in [0.1, 0.15) is 11.6 Å². The standard InChI is InChI=1S/C26H24FNO5/c1-3-5-8-17-16-9-6-7-10-18(16)24(30)23-22(17)25(31)28(26(23)32)20-12-11-15(13-19(20)27)14-21(29)33-4-2/h6-7,9-13,30H,3-5,8,14H2,1-2H3. The Morgan fingerprint density at radius 3 is 2.39 bits per heavy atom. The van der Waals surface area contributed by atoms with Crippen LogP contribution in [0, 0.1) is 5.82 Å². The molecule has 2 amide bonds. The number of hydrogen-bond donors (Lipinski definition) is 1. The number of ether oxygens (including phenoxy) is 1. The van der Waals surface area contributed by atoms with E-state index in [0.717, 1.165) is 23.8 Å². The van der Waals surface area contributed by atoms with E-state index in [9.17, 15) is 19.5 Å². The molecule has 0 saturated carbocycles. The van der Waals surface area contributed by atoms with Crippen molar-refractivity contribution < 1.29 is 28.6 Å². The van der Waals surface area contributed by atoms with Gasteiger partial charge in [-0.2, -0.15) is 0 Å². The number of halogens is 1. The first-order valence-electron chi connectivity index (χ1n) is 11.0. The lowest BCUT2D eigenvalue weighted by Crippen LogP contribution is -2.30. The number of hydrogen-bond acceptors (Lipinski definition) is 5. The average molecular weight is 449 g/mol. The smallest absolute Gasteiger partial charge is 0.310 e. The number of phenols is 1. The molecule has 0 bridgehead atoms. The number of amides is 2. The molecule has 3 aromatic rings. The van der Waals surface area contributed by atoms with Crippen molar-refractivity contribution in [3.63, 3.8) is 0 Å². The molecular formula is C26H24FNO5. The third-order valence-corrected chi connectivity index (χ3v) is 5.82. The molecule has 0 aliphatic carbocycles. The van der Waals surface area contributed by atoms with Crippen LogP contribution in [0.25, 0.3) is 10.8 Å². The number of rotatable bonds is 7. The topological polar surface area (TPSA) is 83.9 Å². The molecule has 1 aliphatic rings. The van der Waals surface area contributed by atoms with Gasteiger partial charge in [0.25, 0.3) is 11.8 Å². The molecule has 3 aromatic carbocycles. The summed E-state index contributed by atoms with van der Waals surface area (Å²) in [4.78, 5) is 39.2. The summed E-state index contributed by atoms with van der Waals surface area (Å²) in [5.74, 6) is -3.03. The van der Waals surface area contributed by atoms with E-state index < -0.39 is 23.6 Å². The molecule has 0 unspecified atom stereocenters. The first-order chi connectivity index (χ1) is 15.9. The predicted octanol–water partition coefficient (Wildman–Crippen LogP) is 4.93. The van der Waals surface area contributed by atoms with Crippen LogP contribution < -0.4 is 4.90 Å². The van der Waals surface area contributed by atoms with E-state index in [1.165, 1.54) is 12.1 Å². The molecule has 6 nitrogen and oxygen atoms in total. The van der Waals surface area contributed by atoms with Gasteiger partial charge in [-0.3, -0.25) is 14.4 Å². The Bertz CT molecular complexity index is 1280. The molecule has 0 saturated heterocycles. The largest absolute Gasteiger partial charge is 0.506 e. The monoisotopic (exact) mass is 449 g/mol. The summed E-state index contributed by atoms with van der Waals surface area (Å²) in [5, 5.41) is 12.1. The molecule has 4 rings (SSSR count). The van der Waals surface area contributed by atoms with E-state index in [0.29, 0.717) is 28.3 Å². The second kappa shape index (κ2) is 9.02. The fraction of sp³-hybridized carbons (Fsp3) is 0.269. The molecule has 33 heavy (non-hydrogen) atoms. The SMILES string of the molecule is CCCCc1c2c(c(O)c3ccccc13)C(=O)N(c1ccc(CC(=O)OCC)cc1F)C2=O. The molecule has 0 spiro atoms. The number of esters is 1. The van der Waals surface area contributed by atoms with Gasteiger partial charge in [-0.05, 0) is 48.4 Å². The number of carbonyl (C=O) groups is 3. The number of nitrogens with zero attached hydrogens (tertiary/aromatic N) is 1. The quantitative estimate of drug-likeness (QED) is 0.408. The van der Waals surface area contributed by atoms with Gasteiger partial charge in [0.15, 0.2) is 0 Å². The van der Waals surface area contributed by atoms with Crippen molar-refractivity contribution in [1.82, 2.24) is 0 Å². The number of unbranched alkanes of at least 4 members (excludes halogenated alkanes) is 1. The highest BCUT2D eigenvalue weighted by atomic mass is 19.1. The molecular weight excluding hydrogens is 425 g/mol. The Morgan fingerprint density at radius 2 is 1.73 bits per heavy atom. The van der Waals surface area contributed by atoms with Crippen LogP contribution >= 0.6 is 0 Å². The first kappa shape index (κ1) is 22.5. The Balaban J connectivity index is 1.81. The maximum atomic E-state index is 15.0. The highest BCUT2D eigenvalue weighted by Gasteiger charge is 2.42. The molecule has 7 heteroatoms. The van der Waals surface area contributed by atoms with Crippen LogP contribution in [0.2, 0.25) is 0 Å². The van der Waals surface area contributed by atoms with Crippen molar-refractivity contribution in [3.05, 3.63) is 70.5 Å². The van der Waals surface area contributed by atoms with Gasteiger partial charge in [-0.1, -0.05) is 43.7 Å². The maximum Gasteiger partial charge on any atom is 0.310 e. The Morgan fingerprint density at radius 1 is 1.03 bits per heavy atom. The summed E-state index contributed by atoms with van der Waals surface area (Å²) in [6.07, 6.45) is 2.10. The van der Waals surface area contributed by atoms with Crippen LogP contribution in [-0.4, -0.2) is 29.5 Å². The summed E-state index contributed by atoms with van der Waals surface area (Å²) >= 11 is 0. The fourth-order valence-electron chi connectivity index (χ4n) is 4.30. The minimum Gasteiger partial charge on any atom is -0.506 e. The number of phenolic OH excluding ortho intramolecular Hbond substituents is 1. The van der Waals surface area contributed by atoms with Crippen molar-refractivity contribution in [2.24, 2.45) is 0 Å². The van der Waals surface area contributed by atoms with Gasteiger partial charge < -0.3 is 9.84 Å². The normalized spacial score (nSPS) is 13.0. The lowest BCUT2D eigenvalue weighted by molar-refractivity contribution is -0.142. The number of anilines is 1. The lowest BCUT2D eigenvalue weighted by Gasteiger charge is -2.16. The lowest BCUT2D eigenvalue weighted by atomic mass is 9.91. The van der Waals surface area contributed by atoms with Crippen molar-refractivity contribution in [2.75, 3.05) is 11.5 Å². The fourth-order valence-corrected chi connectivity index (χ4v) is 4.30.